The second-order valence-electron chi connectivity index (χ2n) is 5.69. The van der Waals surface area contributed by atoms with Crippen molar-refractivity contribution in [1.29, 1.82) is 0 Å². The van der Waals surface area contributed by atoms with Crippen molar-refractivity contribution in [2.24, 2.45) is 0 Å². The van der Waals surface area contributed by atoms with Crippen LogP contribution in [0, 0.1) is 12.7 Å². The van der Waals surface area contributed by atoms with Gasteiger partial charge in [0.25, 0.3) is 0 Å². The Balaban J connectivity index is 1.51. The van der Waals surface area contributed by atoms with E-state index in [2.05, 4.69) is 0 Å². The summed E-state index contributed by atoms with van der Waals surface area (Å²) in [6, 6.07) is 4.84. The number of hydrogen-bond acceptors (Lipinski definition) is 3. The smallest absolute Gasteiger partial charge is 0.168 e. The first-order valence-electron chi connectivity index (χ1n) is 7.31. The second kappa shape index (κ2) is 5.80. The van der Waals surface area contributed by atoms with Crippen molar-refractivity contribution in [2.75, 3.05) is 13.2 Å². The maximum absolute atomic E-state index is 13.2. The topological polar surface area (TPSA) is 27.7 Å². The van der Waals surface area contributed by atoms with Crippen LogP contribution in [0.15, 0.2) is 18.2 Å². The predicted molar refractivity (Wildman–Crippen MR) is 72.8 cm³/mol. The molecule has 1 aromatic rings. The van der Waals surface area contributed by atoms with Crippen LogP contribution < -0.4 is 0 Å². The van der Waals surface area contributed by atoms with Crippen LogP contribution in [0.25, 0.3) is 0 Å². The van der Waals surface area contributed by atoms with E-state index in [1.807, 2.05) is 6.92 Å². The Labute approximate surface area is 119 Å². The van der Waals surface area contributed by atoms with Gasteiger partial charge in [0.15, 0.2) is 5.79 Å². The Morgan fingerprint density at radius 3 is 2.65 bits per heavy atom. The Morgan fingerprint density at radius 2 is 1.95 bits per heavy atom. The van der Waals surface area contributed by atoms with E-state index in [9.17, 15) is 4.39 Å². The lowest BCUT2D eigenvalue weighted by Crippen LogP contribution is -2.37. The molecule has 3 rings (SSSR count). The molecule has 2 aliphatic rings. The van der Waals surface area contributed by atoms with Gasteiger partial charge in [0, 0.05) is 12.8 Å². The number of ether oxygens (including phenoxy) is 3. The van der Waals surface area contributed by atoms with Crippen LogP contribution in [-0.2, 0) is 20.8 Å². The minimum atomic E-state index is -0.339. The van der Waals surface area contributed by atoms with Crippen LogP contribution >= 0.6 is 0 Å². The fraction of sp³-hybridized carbons (Fsp3) is 0.625. The summed E-state index contributed by atoms with van der Waals surface area (Å²) in [4.78, 5) is 0. The van der Waals surface area contributed by atoms with Gasteiger partial charge in [0.2, 0.25) is 0 Å². The number of rotatable bonds is 3. The van der Waals surface area contributed by atoms with Gasteiger partial charge >= 0.3 is 0 Å². The summed E-state index contributed by atoms with van der Waals surface area (Å²) in [7, 11) is 0. The molecule has 110 valence electrons. The molecule has 0 N–H and O–H groups in total. The first-order valence-corrected chi connectivity index (χ1v) is 7.31. The average molecular weight is 280 g/mol. The van der Waals surface area contributed by atoms with E-state index in [0.29, 0.717) is 19.8 Å². The molecule has 1 aliphatic heterocycles. The van der Waals surface area contributed by atoms with E-state index in [1.54, 1.807) is 12.1 Å². The van der Waals surface area contributed by atoms with Gasteiger partial charge in [-0.05, 0) is 43.0 Å². The number of benzene rings is 1. The van der Waals surface area contributed by atoms with Crippen molar-refractivity contribution in [2.45, 2.75) is 51.1 Å². The Hall–Kier alpha value is -0.970. The van der Waals surface area contributed by atoms with Gasteiger partial charge in [0.05, 0.1) is 25.9 Å². The van der Waals surface area contributed by atoms with Crippen molar-refractivity contribution in [3.63, 3.8) is 0 Å². The lowest BCUT2D eigenvalue weighted by Gasteiger charge is -2.35. The molecule has 1 aliphatic carbocycles. The number of hydrogen-bond donors (Lipinski definition) is 0. The predicted octanol–water partition coefficient (Wildman–Crippen LogP) is 3.34. The highest BCUT2D eigenvalue weighted by Gasteiger charge is 2.40. The van der Waals surface area contributed by atoms with E-state index in [0.717, 1.165) is 36.8 Å². The van der Waals surface area contributed by atoms with E-state index >= 15 is 0 Å². The third-order valence-electron chi connectivity index (χ3n) is 4.29. The molecule has 0 atom stereocenters. The van der Waals surface area contributed by atoms with Gasteiger partial charge in [-0.1, -0.05) is 6.07 Å². The number of aryl methyl sites for hydroxylation is 1. The molecule has 0 bridgehead atoms. The zero-order valence-corrected chi connectivity index (χ0v) is 11.9. The Bertz CT molecular complexity index is 459. The maximum atomic E-state index is 13.2. The molecule has 0 amide bonds. The summed E-state index contributed by atoms with van der Waals surface area (Å²) >= 11 is 0. The van der Waals surface area contributed by atoms with Crippen LogP contribution in [0.5, 0.6) is 0 Å². The second-order valence-corrected chi connectivity index (χ2v) is 5.69. The molecule has 0 radical (unpaired) electrons. The highest BCUT2D eigenvalue weighted by molar-refractivity contribution is 5.25. The molecule has 4 heteroatoms. The Morgan fingerprint density at radius 1 is 1.25 bits per heavy atom. The quantitative estimate of drug-likeness (QED) is 0.850. The molecular formula is C16H21FO3. The normalized spacial score (nSPS) is 22.5. The summed E-state index contributed by atoms with van der Waals surface area (Å²) < 4.78 is 30.6. The van der Waals surface area contributed by atoms with Gasteiger partial charge in [-0.3, -0.25) is 0 Å². The summed E-state index contributed by atoms with van der Waals surface area (Å²) in [5, 5.41) is 0. The average Bonchev–Trinajstić information content (AvgIpc) is 2.90. The highest BCUT2D eigenvalue weighted by atomic mass is 19.1. The van der Waals surface area contributed by atoms with Gasteiger partial charge in [-0.2, -0.15) is 0 Å². The zero-order chi connectivity index (χ0) is 14.0. The molecular weight excluding hydrogens is 259 g/mol. The molecule has 1 spiro atoms. The minimum Gasteiger partial charge on any atom is -0.374 e. The fourth-order valence-electron chi connectivity index (χ4n) is 2.99. The lowest BCUT2D eigenvalue weighted by molar-refractivity contribution is -0.192. The molecule has 3 nitrogen and oxygen atoms in total. The van der Waals surface area contributed by atoms with Crippen molar-refractivity contribution < 1.29 is 18.6 Å². The van der Waals surface area contributed by atoms with Crippen LogP contribution in [0.3, 0.4) is 0 Å². The molecule has 1 saturated carbocycles. The van der Waals surface area contributed by atoms with E-state index < -0.39 is 0 Å². The van der Waals surface area contributed by atoms with Gasteiger partial charge in [-0.25, -0.2) is 4.39 Å². The standard InChI is InChI=1S/C16H21FO3/c1-12-2-3-14(17)10-13(12)11-18-15-4-6-16(7-5-15)19-8-9-20-16/h2-3,10,15H,4-9,11H2,1H3. The summed E-state index contributed by atoms with van der Waals surface area (Å²) in [6.07, 6.45) is 3.87. The largest absolute Gasteiger partial charge is 0.374 e. The zero-order valence-electron chi connectivity index (χ0n) is 11.9. The SMILES string of the molecule is Cc1ccc(F)cc1COC1CCC2(CC1)OCCO2. The summed E-state index contributed by atoms with van der Waals surface area (Å²) in [5.74, 6) is -0.543. The molecule has 0 unspecified atom stereocenters. The van der Waals surface area contributed by atoms with E-state index in [4.69, 9.17) is 14.2 Å². The first kappa shape index (κ1) is 14.0. The monoisotopic (exact) mass is 280 g/mol. The van der Waals surface area contributed by atoms with Crippen LogP contribution in [-0.4, -0.2) is 25.1 Å². The van der Waals surface area contributed by atoms with Crippen LogP contribution in [0.2, 0.25) is 0 Å². The van der Waals surface area contributed by atoms with Gasteiger partial charge in [0.1, 0.15) is 5.82 Å². The van der Waals surface area contributed by atoms with E-state index in [1.165, 1.54) is 6.07 Å². The molecule has 1 heterocycles. The third-order valence-corrected chi connectivity index (χ3v) is 4.29. The van der Waals surface area contributed by atoms with Gasteiger partial charge < -0.3 is 14.2 Å². The van der Waals surface area contributed by atoms with Gasteiger partial charge in [-0.15, -0.1) is 0 Å². The van der Waals surface area contributed by atoms with Crippen LogP contribution in [0.1, 0.15) is 36.8 Å². The minimum absolute atomic E-state index is 0.204. The van der Waals surface area contributed by atoms with Crippen molar-refractivity contribution in [3.05, 3.63) is 35.1 Å². The molecule has 1 saturated heterocycles. The first-order chi connectivity index (χ1) is 9.67. The van der Waals surface area contributed by atoms with Crippen LogP contribution in [0.4, 0.5) is 4.39 Å². The van der Waals surface area contributed by atoms with Crippen molar-refractivity contribution in [3.8, 4) is 0 Å². The molecule has 2 fully saturated rings. The number of halogens is 1. The summed E-state index contributed by atoms with van der Waals surface area (Å²) in [6.45, 7) is 3.86. The van der Waals surface area contributed by atoms with Crippen molar-refractivity contribution >= 4 is 0 Å². The highest BCUT2D eigenvalue weighted by Crippen LogP contribution is 2.36. The molecule has 20 heavy (non-hydrogen) atoms. The third kappa shape index (κ3) is 3.03. The Kier molecular flexibility index (Phi) is 4.06. The lowest BCUT2D eigenvalue weighted by atomic mass is 9.92. The fourth-order valence-corrected chi connectivity index (χ4v) is 2.99. The van der Waals surface area contributed by atoms with E-state index in [-0.39, 0.29) is 17.7 Å². The summed E-state index contributed by atoms with van der Waals surface area (Å²) in [5.41, 5.74) is 2.00. The molecule has 0 aromatic heterocycles. The maximum Gasteiger partial charge on any atom is 0.168 e. The van der Waals surface area contributed by atoms with Crippen molar-refractivity contribution in [1.82, 2.24) is 0 Å². The molecule has 1 aromatic carbocycles.